The molecule has 132 valence electrons. The average Bonchev–Trinajstić information content (AvgIpc) is 2.87. The van der Waals surface area contributed by atoms with Gasteiger partial charge < -0.3 is 14.6 Å². The van der Waals surface area contributed by atoms with E-state index in [1.165, 1.54) is 17.7 Å². The predicted molar refractivity (Wildman–Crippen MR) is 92.9 cm³/mol. The molecule has 3 atom stereocenters. The summed E-state index contributed by atoms with van der Waals surface area (Å²) in [4.78, 5) is 0. The third-order valence-corrected chi connectivity index (χ3v) is 5.23. The van der Waals surface area contributed by atoms with Gasteiger partial charge in [-0.2, -0.15) is 0 Å². The first-order chi connectivity index (χ1) is 11.9. The Morgan fingerprint density at radius 2 is 1.88 bits per heavy atom. The first-order valence-electron chi connectivity index (χ1n) is 8.79. The van der Waals surface area contributed by atoms with E-state index in [2.05, 4.69) is 12.1 Å². The lowest BCUT2D eigenvalue weighted by Gasteiger charge is -2.26. The summed E-state index contributed by atoms with van der Waals surface area (Å²) in [6.07, 6.45) is 0.490. The Hall–Kier alpha value is -1.75. The highest BCUT2D eigenvalue weighted by Crippen LogP contribution is 2.43. The maximum atomic E-state index is 13.8. The SMILES string of the molecule is CC1(C)OC[C@@H](CC2c3ccccc3Cc3ccc(F)cc3[C@H]2O)O1. The van der Waals surface area contributed by atoms with Crippen molar-refractivity contribution >= 4 is 0 Å². The van der Waals surface area contributed by atoms with Gasteiger partial charge in [0.25, 0.3) is 0 Å². The van der Waals surface area contributed by atoms with Crippen LogP contribution < -0.4 is 0 Å². The normalized spacial score (nSPS) is 27.4. The van der Waals surface area contributed by atoms with Crippen LogP contribution in [0.1, 0.15) is 54.5 Å². The smallest absolute Gasteiger partial charge is 0.163 e. The molecule has 0 spiro atoms. The van der Waals surface area contributed by atoms with Gasteiger partial charge in [0, 0.05) is 5.92 Å². The van der Waals surface area contributed by atoms with Crippen molar-refractivity contribution in [3.8, 4) is 0 Å². The van der Waals surface area contributed by atoms with Gasteiger partial charge in [0.05, 0.1) is 18.8 Å². The molecule has 0 radical (unpaired) electrons. The lowest BCUT2D eigenvalue weighted by molar-refractivity contribution is -0.140. The third kappa shape index (κ3) is 3.22. The molecule has 4 heteroatoms. The van der Waals surface area contributed by atoms with Gasteiger partial charge in [-0.1, -0.05) is 30.3 Å². The molecule has 4 rings (SSSR count). The molecule has 0 aromatic heterocycles. The van der Waals surface area contributed by atoms with Gasteiger partial charge in [-0.15, -0.1) is 0 Å². The van der Waals surface area contributed by atoms with Gasteiger partial charge in [-0.05, 0) is 61.1 Å². The summed E-state index contributed by atoms with van der Waals surface area (Å²) < 4.78 is 25.4. The summed E-state index contributed by atoms with van der Waals surface area (Å²) in [5.41, 5.74) is 3.95. The number of hydrogen-bond donors (Lipinski definition) is 1. The number of halogens is 1. The topological polar surface area (TPSA) is 38.7 Å². The second-order valence-corrected chi connectivity index (χ2v) is 7.46. The van der Waals surface area contributed by atoms with E-state index in [-0.39, 0.29) is 17.8 Å². The Morgan fingerprint density at radius 3 is 2.64 bits per heavy atom. The summed E-state index contributed by atoms with van der Waals surface area (Å²) >= 11 is 0. The summed E-state index contributed by atoms with van der Waals surface area (Å²) in [6.45, 7) is 4.30. The molecule has 2 aromatic rings. The molecule has 3 nitrogen and oxygen atoms in total. The first-order valence-corrected chi connectivity index (χ1v) is 8.79. The van der Waals surface area contributed by atoms with Crippen molar-refractivity contribution in [2.45, 2.75) is 50.6 Å². The highest BCUT2D eigenvalue weighted by Gasteiger charge is 2.38. The van der Waals surface area contributed by atoms with Crippen molar-refractivity contribution in [2.75, 3.05) is 6.61 Å². The molecule has 1 heterocycles. The molecular formula is C21H23FO3. The van der Waals surface area contributed by atoms with E-state index in [0.29, 0.717) is 25.0 Å². The van der Waals surface area contributed by atoms with Crippen LogP contribution in [0.2, 0.25) is 0 Å². The molecule has 0 amide bonds. The summed E-state index contributed by atoms with van der Waals surface area (Å²) in [7, 11) is 0. The Balaban J connectivity index is 1.73. The molecule has 0 bridgehead atoms. The zero-order chi connectivity index (χ0) is 17.6. The molecule has 1 aliphatic carbocycles. The van der Waals surface area contributed by atoms with Crippen molar-refractivity contribution < 1.29 is 19.0 Å². The van der Waals surface area contributed by atoms with Gasteiger partial charge in [-0.25, -0.2) is 4.39 Å². The molecule has 1 N–H and O–H groups in total. The highest BCUT2D eigenvalue weighted by molar-refractivity contribution is 5.44. The largest absolute Gasteiger partial charge is 0.388 e. The fraction of sp³-hybridized carbons (Fsp3) is 0.429. The van der Waals surface area contributed by atoms with E-state index < -0.39 is 11.9 Å². The maximum Gasteiger partial charge on any atom is 0.163 e. The second kappa shape index (κ2) is 6.20. The third-order valence-electron chi connectivity index (χ3n) is 5.23. The van der Waals surface area contributed by atoms with Gasteiger partial charge in [0.1, 0.15) is 5.82 Å². The Kier molecular flexibility index (Phi) is 4.14. The van der Waals surface area contributed by atoms with Crippen LogP contribution in [0, 0.1) is 5.82 Å². The molecule has 1 unspecified atom stereocenters. The Labute approximate surface area is 147 Å². The van der Waals surface area contributed by atoms with E-state index in [9.17, 15) is 9.50 Å². The van der Waals surface area contributed by atoms with E-state index in [0.717, 1.165) is 11.1 Å². The zero-order valence-electron chi connectivity index (χ0n) is 14.5. The van der Waals surface area contributed by atoms with Crippen LogP contribution in [0.15, 0.2) is 42.5 Å². The average molecular weight is 342 g/mol. The van der Waals surface area contributed by atoms with Crippen LogP contribution >= 0.6 is 0 Å². The van der Waals surface area contributed by atoms with Crippen LogP contribution in [-0.4, -0.2) is 23.6 Å². The minimum absolute atomic E-state index is 0.0854. The number of rotatable bonds is 2. The van der Waals surface area contributed by atoms with E-state index in [1.807, 2.05) is 26.0 Å². The molecule has 2 aliphatic rings. The van der Waals surface area contributed by atoms with Crippen molar-refractivity contribution in [2.24, 2.45) is 0 Å². The van der Waals surface area contributed by atoms with Gasteiger partial charge >= 0.3 is 0 Å². The summed E-state index contributed by atoms with van der Waals surface area (Å²) in [6, 6.07) is 12.9. The Bertz CT molecular complexity index is 786. The van der Waals surface area contributed by atoms with Crippen LogP contribution in [0.25, 0.3) is 0 Å². The number of ether oxygens (including phenoxy) is 2. The van der Waals surface area contributed by atoms with Crippen molar-refractivity contribution in [3.63, 3.8) is 0 Å². The predicted octanol–water partition coefficient (Wildman–Crippen LogP) is 4.09. The van der Waals surface area contributed by atoms with E-state index in [4.69, 9.17) is 9.47 Å². The molecular weight excluding hydrogens is 319 g/mol. The standard InChI is InChI=1S/C21H23FO3/c1-21(2)24-12-16(25-21)11-19-17-6-4-3-5-13(17)9-14-7-8-15(22)10-18(14)20(19)23/h3-8,10,16,19-20,23H,9,11-12H2,1-2H3/t16-,19?,20-/m1/s1. The molecule has 2 aromatic carbocycles. The van der Waals surface area contributed by atoms with Crippen LogP contribution in [-0.2, 0) is 15.9 Å². The second-order valence-electron chi connectivity index (χ2n) is 7.46. The molecule has 25 heavy (non-hydrogen) atoms. The van der Waals surface area contributed by atoms with Crippen molar-refractivity contribution in [3.05, 3.63) is 70.5 Å². The van der Waals surface area contributed by atoms with Crippen molar-refractivity contribution in [1.82, 2.24) is 0 Å². The Morgan fingerprint density at radius 1 is 1.12 bits per heavy atom. The van der Waals surface area contributed by atoms with Crippen molar-refractivity contribution in [1.29, 1.82) is 0 Å². The molecule has 0 saturated carbocycles. The summed E-state index contributed by atoms with van der Waals surface area (Å²) in [5, 5.41) is 11.1. The molecule has 1 fully saturated rings. The van der Waals surface area contributed by atoms with Gasteiger partial charge in [0.2, 0.25) is 0 Å². The van der Waals surface area contributed by atoms with E-state index >= 15 is 0 Å². The summed E-state index contributed by atoms with van der Waals surface area (Å²) in [5.74, 6) is -1.06. The zero-order valence-corrected chi connectivity index (χ0v) is 14.5. The fourth-order valence-electron chi connectivity index (χ4n) is 4.07. The minimum atomic E-state index is -0.762. The van der Waals surface area contributed by atoms with Crippen LogP contribution in [0.3, 0.4) is 0 Å². The number of aliphatic hydroxyl groups is 1. The van der Waals surface area contributed by atoms with Crippen LogP contribution in [0.4, 0.5) is 4.39 Å². The fourth-order valence-corrected chi connectivity index (χ4v) is 4.07. The number of aliphatic hydroxyl groups excluding tert-OH is 1. The molecule has 1 saturated heterocycles. The number of fused-ring (bicyclic) bond motifs is 2. The molecule has 1 aliphatic heterocycles. The lowest BCUT2D eigenvalue weighted by Crippen LogP contribution is -2.24. The quantitative estimate of drug-likeness (QED) is 0.893. The van der Waals surface area contributed by atoms with E-state index in [1.54, 1.807) is 6.07 Å². The number of benzene rings is 2. The van der Waals surface area contributed by atoms with Gasteiger partial charge in [0.15, 0.2) is 5.79 Å². The van der Waals surface area contributed by atoms with Gasteiger partial charge in [-0.3, -0.25) is 0 Å². The monoisotopic (exact) mass is 342 g/mol. The number of hydrogen-bond acceptors (Lipinski definition) is 3. The van der Waals surface area contributed by atoms with Crippen LogP contribution in [0.5, 0.6) is 0 Å². The minimum Gasteiger partial charge on any atom is -0.388 e. The maximum absolute atomic E-state index is 13.8. The first kappa shape index (κ1) is 16.7. The highest BCUT2D eigenvalue weighted by atomic mass is 19.1. The lowest BCUT2D eigenvalue weighted by atomic mass is 9.85.